The zero-order chi connectivity index (χ0) is 12.3. The van der Waals surface area contributed by atoms with Crippen LogP contribution in [0.1, 0.15) is 19.3 Å². The third kappa shape index (κ3) is 2.87. The number of likely N-dealkylation sites (tertiary alicyclic amines) is 1. The molecule has 1 aromatic rings. The van der Waals surface area contributed by atoms with Gasteiger partial charge in [0.2, 0.25) is 0 Å². The summed E-state index contributed by atoms with van der Waals surface area (Å²) in [4.78, 5) is 12.4. The Morgan fingerprint density at radius 3 is 2.71 bits per heavy atom. The molecule has 0 bridgehead atoms. The number of carbonyl (C=O) groups is 1. The van der Waals surface area contributed by atoms with E-state index in [4.69, 9.17) is 5.11 Å². The van der Waals surface area contributed by atoms with Crippen molar-refractivity contribution in [3.8, 4) is 0 Å². The van der Waals surface area contributed by atoms with Crippen LogP contribution in [0.25, 0.3) is 0 Å². The molecule has 1 aliphatic heterocycles. The van der Waals surface area contributed by atoms with Crippen LogP contribution in [0.3, 0.4) is 0 Å². The molecule has 1 amide bonds. The lowest BCUT2D eigenvalue weighted by Gasteiger charge is -2.34. The average molecular weight is 238 g/mol. The Labute approximate surface area is 99.0 Å². The molecule has 0 spiro atoms. The lowest BCUT2D eigenvalue weighted by Crippen LogP contribution is -2.47. The fourth-order valence-electron chi connectivity index (χ4n) is 2.05. The van der Waals surface area contributed by atoms with Gasteiger partial charge in [-0.05, 0) is 43.5 Å². The Bertz CT molecular complexity index is 394. The highest BCUT2D eigenvalue weighted by Gasteiger charge is 2.25. The minimum atomic E-state index is -0.913. The molecule has 0 aliphatic carbocycles. The van der Waals surface area contributed by atoms with Crippen LogP contribution >= 0.6 is 0 Å². The van der Waals surface area contributed by atoms with E-state index in [1.54, 1.807) is 12.1 Å². The Morgan fingerprint density at radius 2 is 2.06 bits per heavy atom. The van der Waals surface area contributed by atoms with E-state index in [1.807, 2.05) is 0 Å². The average Bonchev–Trinajstić information content (AvgIpc) is 2.32. The van der Waals surface area contributed by atoms with Crippen molar-refractivity contribution < 1.29 is 14.3 Å². The van der Waals surface area contributed by atoms with Crippen molar-refractivity contribution in [3.05, 3.63) is 30.1 Å². The summed E-state index contributed by atoms with van der Waals surface area (Å²) in [5.41, 5.74) is 0.740. The van der Waals surface area contributed by atoms with Crippen molar-refractivity contribution in [2.75, 3.05) is 11.9 Å². The summed E-state index contributed by atoms with van der Waals surface area (Å²) in [6.45, 7) is 0.550. The Balaban J connectivity index is 2.05. The minimum absolute atomic E-state index is 0.216. The Kier molecular flexibility index (Phi) is 3.46. The van der Waals surface area contributed by atoms with E-state index in [0.29, 0.717) is 6.54 Å². The molecule has 1 unspecified atom stereocenters. The molecule has 17 heavy (non-hydrogen) atoms. The van der Waals surface area contributed by atoms with Gasteiger partial charge in [0.1, 0.15) is 12.0 Å². The minimum Gasteiger partial charge on any atom is -0.465 e. The number of hydrogen-bond donors (Lipinski definition) is 2. The summed E-state index contributed by atoms with van der Waals surface area (Å²) in [5.74, 6) is -0.297. The molecule has 2 N–H and O–H groups in total. The van der Waals surface area contributed by atoms with Gasteiger partial charge in [-0.15, -0.1) is 0 Å². The van der Waals surface area contributed by atoms with E-state index >= 15 is 0 Å². The molecule has 1 atom stereocenters. The maximum absolute atomic E-state index is 12.7. The summed E-state index contributed by atoms with van der Waals surface area (Å²) in [6, 6.07) is 5.94. The fourth-order valence-corrected chi connectivity index (χ4v) is 2.05. The summed E-state index contributed by atoms with van der Waals surface area (Å²) < 4.78 is 12.7. The van der Waals surface area contributed by atoms with Crippen LogP contribution in [-0.2, 0) is 0 Å². The summed E-state index contributed by atoms with van der Waals surface area (Å²) in [5, 5.41) is 12.2. The zero-order valence-electron chi connectivity index (χ0n) is 9.40. The predicted molar refractivity (Wildman–Crippen MR) is 62.4 cm³/mol. The van der Waals surface area contributed by atoms with E-state index in [2.05, 4.69) is 5.32 Å². The van der Waals surface area contributed by atoms with Gasteiger partial charge >= 0.3 is 6.09 Å². The van der Waals surface area contributed by atoms with Gasteiger partial charge in [0.15, 0.2) is 0 Å². The van der Waals surface area contributed by atoms with Crippen LogP contribution in [0, 0.1) is 5.82 Å². The molecule has 92 valence electrons. The maximum atomic E-state index is 12.7. The summed E-state index contributed by atoms with van der Waals surface area (Å²) in [7, 11) is 0. The number of nitrogens with zero attached hydrogens (tertiary/aromatic N) is 1. The first-order valence-electron chi connectivity index (χ1n) is 5.68. The number of hydrogen-bond acceptors (Lipinski definition) is 2. The van der Waals surface area contributed by atoms with E-state index in [9.17, 15) is 9.18 Å². The number of amides is 1. The van der Waals surface area contributed by atoms with Crippen LogP contribution in [0.2, 0.25) is 0 Å². The highest BCUT2D eigenvalue weighted by molar-refractivity contribution is 5.66. The molecule has 2 rings (SSSR count). The van der Waals surface area contributed by atoms with E-state index < -0.39 is 6.09 Å². The third-order valence-corrected chi connectivity index (χ3v) is 2.93. The smallest absolute Gasteiger partial charge is 0.408 e. The largest absolute Gasteiger partial charge is 0.465 e. The van der Waals surface area contributed by atoms with Crippen molar-refractivity contribution in [2.45, 2.75) is 25.4 Å². The van der Waals surface area contributed by atoms with Crippen LogP contribution < -0.4 is 5.32 Å². The molecule has 0 aromatic heterocycles. The van der Waals surface area contributed by atoms with Crippen LogP contribution in [0.4, 0.5) is 14.9 Å². The molecule has 1 heterocycles. The first-order valence-corrected chi connectivity index (χ1v) is 5.68. The van der Waals surface area contributed by atoms with Crippen LogP contribution in [0.15, 0.2) is 24.3 Å². The normalized spacial score (nSPS) is 20.1. The van der Waals surface area contributed by atoms with Gasteiger partial charge < -0.3 is 10.4 Å². The molecule has 5 heteroatoms. The standard InChI is InChI=1S/C12H15FN2O2/c13-9-4-6-10(7-5-9)14-11-3-1-2-8-15(11)12(16)17/h4-7,11,14H,1-3,8H2,(H,16,17). The van der Waals surface area contributed by atoms with Gasteiger partial charge in [-0.2, -0.15) is 0 Å². The monoisotopic (exact) mass is 238 g/mol. The number of nitrogens with one attached hydrogen (secondary N) is 1. The third-order valence-electron chi connectivity index (χ3n) is 2.93. The van der Waals surface area contributed by atoms with Gasteiger partial charge in [-0.3, -0.25) is 4.90 Å². The first kappa shape index (κ1) is 11.7. The van der Waals surface area contributed by atoms with Gasteiger partial charge in [0.25, 0.3) is 0 Å². The van der Waals surface area contributed by atoms with E-state index in [-0.39, 0.29) is 12.0 Å². The van der Waals surface area contributed by atoms with Crippen molar-refractivity contribution >= 4 is 11.8 Å². The van der Waals surface area contributed by atoms with Crippen molar-refractivity contribution in [3.63, 3.8) is 0 Å². The molecule has 1 fully saturated rings. The predicted octanol–water partition coefficient (Wildman–Crippen LogP) is 2.73. The number of benzene rings is 1. The second-order valence-electron chi connectivity index (χ2n) is 4.14. The number of piperidine rings is 1. The first-order chi connectivity index (χ1) is 8.16. The number of carboxylic acid groups (broad SMARTS) is 1. The Morgan fingerprint density at radius 1 is 1.35 bits per heavy atom. The molecule has 0 radical (unpaired) electrons. The lowest BCUT2D eigenvalue weighted by molar-refractivity contribution is 0.115. The van der Waals surface area contributed by atoms with Crippen molar-refractivity contribution in [2.24, 2.45) is 0 Å². The van der Waals surface area contributed by atoms with Crippen molar-refractivity contribution in [1.82, 2.24) is 4.90 Å². The second kappa shape index (κ2) is 5.03. The van der Waals surface area contributed by atoms with Gasteiger partial charge in [0, 0.05) is 12.2 Å². The highest BCUT2D eigenvalue weighted by Crippen LogP contribution is 2.19. The number of halogens is 1. The topological polar surface area (TPSA) is 52.6 Å². The van der Waals surface area contributed by atoms with Crippen molar-refractivity contribution in [1.29, 1.82) is 0 Å². The van der Waals surface area contributed by atoms with Crippen LogP contribution in [-0.4, -0.2) is 28.8 Å². The van der Waals surface area contributed by atoms with Gasteiger partial charge in [-0.25, -0.2) is 9.18 Å². The quantitative estimate of drug-likeness (QED) is 0.833. The molecule has 1 saturated heterocycles. The zero-order valence-corrected chi connectivity index (χ0v) is 9.40. The molecule has 1 aromatic carbocycles. The van der Waals surface area contributed by atoms with Gasteiger partial charge in [-0.1, -0.05) is 0 Å². The lowest BCUT2D eigenvalue weighted by atomic mass is 10.1. The molecular weight excluding hydrogens is 223 g/mol. The summed E-state index contributed by atoms with van der Waals surface area (Å²) >= 11 is 0. The maximum Gasteiger partial charge on any atom is 0.408 e. The second-order valence-corrected chi connectivity index (χ2v) is 4.14. The Hall–Kier alpha value is -1.78. The molecule has 1 aliphatic rings. The number of anilines is 1. The molecular formula is C12H15FN2O2. The fraction of sp³-hybridized carbons (Fsp3) is 0.417. The molecule has 0 saturated carbocycles. The molecule has 4 nitrogen and oxygen atoms in total. The van der Waals surface area contributed by atoms with E-state index in [1.165, 1.54) is 17.0 Å². The summed E-state index contributed by atoms with van der Waals surface area (Å²) in [6.07, 6.45) is 1.55. The SMILES string of the molecule is O=C(O)N1CCCCC1Nc1ccc(F)cc1. The van der Waals surface area contributed by atoms with Crippen LogP contribution in [0.5, 0.6) is 0 Å². The van der Waals surface area contributed by atoms with Gasteiger partial charge in [0.05, 0.1) is 0 Å². The van der Waals surface area contributed by atoms with E-state index in [0.717, 1.165) is 24.9 Å². The highest BCUT2D eigenvalue weighted by atomic mass is 19.1. The number of rotatable bonds is 2.